The summed E-state index contributed by atoms with van der Waals surface area (Å²) in [5.41, 5.74) is 0.637. The van der Waals surface area contributed by atoms with Crippen LogP contribution in [-0.2, 0) is 0 Å². The van der Waals surface area contributed by atoms with Gasteiger partial charge in [-0.1, -0.05) is 28.1 Å². The number of alkyl halides is 1. The zero-order valence-corrected chi connectivity index (χ0v) is 8.59. The third kappa shape index (κ3) is 3.16. The van der Waals surface area contributed by atoms with Crippen molar-refractivity contribution in [2.45, 2.75) is 12.6 Å². The molecular weight excluding hydrogens is 233 g/mol. The lowest BCUT2D eigenvalue weighted by Crippen LogP contribution is -1.93. The summed E-state index contributed by atoms with van der Waals surface area (Å²) in [4.78, 5) is 3.12. The standard InChI is InChI=1S/C10H9BrFN/c1-13-6-5-10(12)8-3-2-4-9(11)7-8/h2-4,7,10H,5-6H2. The van der Waals surface area contributed by atoms with Gasteiger partial charge in [-0.15, -0.1) is 0 Å². The Morgan fingerprint density at radius 3 is 2.92 bits per heavy atom. The Bertz CT molecular complexity index is 319. The first kappa shape index (κ1) is 10.2. The van der Waals surface area contributed by atoms with E-state index in [0.29, 0.717) is 5.56 Å². The highest BCUT2D eigenvalue weighted by Crippen LogP contribution is 2.23. The van der Waals surface area contributed by atoms with Gasteiger partial charge in [-0.2, -0.15) is 0 Å². The largest absolute Gasteiger partial charge is 0.317 e. The lowest BCUT2D eigenvalue weighted by atomic mass is 10.1. The lowest BCUT2D eigenvalue weighted by molar-refractivity contribution is 0.332. The molecule has 1 aromatic carbocycles. The molecule has 0 aromatic heterocycles. The quantitative estimate of drug-likeness (QED) is 0.710. The molecule has 0 bridgehead atoms. The summed E-state index contributed by atoms with van der Waals surface area (Å²) in [6, 6.07) is 7.13. The average Bonchev–Trinajstić information content (AvgIpc) is 2.14. The lowest BCUT2D eigenvalue weighted by Gasteiger charge is -2.04. The van der Waals surface area contributed by atoms with E-state index in [1.54, 1.807) is 18.2 Å². The van der Waals surface area contributed by atoms with E-state index < -0.39 is 6.17 Å². The molecule has 1 aromatic rings. The predicted octanol–water partition coefficient (Wildman–Crippen LogP) is 3.77. The van der Waals surface area contributed by atoms with Crippen molar-refractivity contribution in [3.05, 3.63) is 45.7 Å². The molecule has 68 valence electrons. The van der Waals surface area contributed by atoms with Crippen LogP contribution in [0.2, 0.25) is 0 Å². The van der Waals surface area contributed by atoms with Crippen LogP contribution in [0.3, 0.4) is 0 Å². The van der Waals surface area contributed by atoms with E-state index in [4.69, 9.17) is 6.57 Å². The minimum atomic E-state index is -1.02. The minimum Gasteiger partial charge on any atom is -0.317 e. The summed E-state index contributed by atoms with van der Waals surface area (Å²) < 4.78 is 14.2. The zero-order valence-electron chi connectivity index (χ0n) is 7.00. The Labute approximate surface area is 85.5 Å². The van der Waals surface area contributed by atoms with E-state index in [1.807, 2.05) is 6.07 Å². The molecule has 1 atom stereocenters. The van der Waals surface area contributed by atoms with E-state index >= 15 is 0 Å². The van der Waals surface area contributed by atoms with Gasteiger partial charge in [-0.3, -0.25) is 0 Å². The fourth-order valence-corrected chi connectivity index (χ4v) is 1.46. The third-order valence-electron chi connectivity index (χ3n) is 1.70. The van der Waals surface area contributed by atoms with Crippen LogP contribution >= 0.6 is 15.9 Å². The monoisotopic (exact) mass is 241 g/mol. The summed E-state index contributed by atoms with van der Waals surface area (Å²) in [6.45, 7) is 6.79. The molecule has 0 saturated heterocycles. The highest BCUT2D eigenvalue weighted by atomic mass is 79.9. The Balaban J connectivity index is 2.66. The van der Waals surface area contributed by atoms with Crippen molar-refractivity contribution in [3.63, 3.8) is 0 Å². The zero-order chi connectivity index (χ0) is 9.68. The van der Waals surface area contributed by atoms with Gasteiger partial charge >= 0.3 is 0 Å². The Morgan fingerprint density at radius 2 is 2.31 bits per heavy atom. The van der Waals surface area contributed by atoms with Crippen LogP contribution in [0, 0.1) is 6.57 Å². The highest BCUT2D eigenvalue weighted by Gasteiger charge is 2.10. The molecule has 0 aliphatic carbocycles. The average molecular weight is 242 g/mol. The Morgan fingerprint density at radius 1 is 1.54 bits per heavy atom. The van der Waals surface area contributed by atoms with Gasteiger partial charge < -0.3 is 4.85 Å². The van der Waals surface area contributed by atoms with Crippen LogP contribution in [0.5, 0.6) is 0 Å². The van der Waals surface area contributed by atoms with Crippen molar-refractivity contribution in [1.82, 2.24) is 0 Å². The SMILES string of the molecule is [C-]#[N+]CCC(F)c1cccc(Br)c1. The number of halogens is 2. The van der Waals surface area contributed by atoms with Crippen LogP contribution < -0.4 is 0 Å². The van der Waals surface area contributed by atoms with E-state index in [9.17, 15) is 4.39 Å². The molecule has 0 heterocycles. The maximum absolute atomic E-state index is 13.3. The van der Waals surface area contributed by atoms with E-state index in [2.05, 4.69) is 20.8 Å². The van der Waals surface area contributed by atoms with E-state index in [-0.39, 0.29) is 13.0 Å². The number of hydrogen-bond donors (Lipinski definition) is 0. The first-order valence-electron chi connectivity index (χ1n) is 3.97. The molecule has 3 heteroatoms. The number of rotatable bonds is 3. The predicted molar refractivity (Wildman–Crippen MR) is 54.1 cm³/mol. The molecule has 0 radical (unpaired) electrons. The van der Waals surface area contributed by atoms with Gasteiger partial charge in [0.1, 0.15) is 6.17 Å². The second-order valence-corrected chi connectivity index (χ2v) is 3.61. The number of nitrogens with zero attached hydrogens (tertiary/aromatic N) is 1. The maximum atomic E-state index is 13.3. The molecular formula is C10H9BrFN. The van der Waals surface area contributed by atoms with E-state index in [1.165, 1.54) is 0 Å². The van der Waals surface area contributed by atoms with Crippen LogP contribution in [0.25, 0.3) is 4.85 Å². The molecule has 0 N–H and O–H groups in total. The van der Waals surface area contributed by atoms with Crippen LogP contribution in [-0.4, -0.2) is 6.54 Å². The van der Waals surface area contributed by atoms with Gasteiger partial charge in [-0.05, 0) is 17.7 Å². The molecule has 1 unspecified atom stereocenters. The second kappa shape index (κ2) is 4.98. The Kier molecular flexibility index (Phi) is 3.91. The molecule has 13 heavy (non-hydrogen) atoms. The molecule has 1 nitrogen and oxygen atoms in total. The van der Waals surface area contributed by atoms with Crippen molar-refractivity contribution >= 4 is 15.9 Å². The van der Waals surface area contributed by atoms with Gasteiger partial charge in [0, 0.05) is 4.47 Å². The molecule has 0 spiro atoms. The summed E-state index contributed by atoms with van der Waals surface area (Å²) in [7, 11) is 0. The fraction of sp³-hybridized carbons (Fsp3) is 0.300. The van der Waals surface area contributed by atoms with Crippen molar-refractivity contribution in [2.24, 2.45) is 0 Å². The molecule has 0 fully saturated rings. The number of hydrogen-bond acceptors (Lipinski definition) is 0. The molecule has 0 aliphatic heterocycles. The summed E-state index contributed by atoms with van der Waals surface area (Å²) >= 11 is 3.27. The molecule has 0 saturated carbocycles. The molecule has 0 amide bonds. The van der Waals surface area contributed by atoms with Gasteiger partial charge in [0.05, 0.1) is 6.42 Å². The topological polar surface area (TPSA) is 4.36 Å². The maximum Gasteiger partial charge on any atom is 0.217 e. The minimum absolute atomic E-state index is 0.244. The van der Waals surface area contributed by atoms with Gasteiger partial charge in [0.25, 0.3) is 0 Å². The van der Waals surface area contributed by atoms with E-state index in [0.717, 1.165) is 4.47 Å². The fourth-order valence-electron chi connectivity index (χ4n) is 1.05. The smallest absolute Gasteiger partial charge is 0.217 e. The summed E-state index contributed by atoms with van der Waals surface area (Å²) in [5, 5.41) is 0. The second-order valence-electron chi connectivity index (χ2n) is 2.69. The highest BCUT2D eigenvalue weighted by molar-refractivity contribution is 9.10. The summed E-state index contributed by atoms with van der Waals surface area (Å²) in [6.07, 6.45) is -0.744. The first-order valence-corrected chi connectivity index (χ1v) is 4.76. The molecule has 0 aliphatic rings. The first-order chi connectivity index (χ1) is 6.24. The van der Waals surface area contributed by atoms with Crippen molar-refractivity contribution in [1.29, 1.82) is 0 Å². The third-order valence-corrected chi connectivity index (χ3v) is 2.20. The normalized spacial score (nSPS) is 12.1. The number of benzene rings is 1. The van der Waals surface area contributed by atoms with Crippen molar-refractivity contribution < 1.29 is 4.39 Å². The van der Waals surface area contributed by atoms with Crippen LogP contribution in [0.1, 0.15) is 18.2 Å². The van der Waals surface area contributed by atoms with Gasteiger partial charge in [0.15, 0.2) is 0 Å². The van der Waals surface area contributed by atoms with Gasteiger partial charge in [-0.25, -0.2) is 11.0 Å². The summed E-state index contributed by atoms with van der Waals surface area (Å²) in [5.74, 6) is 0. The van der Waals surface area contributed by atoms with Crippen LogP contribution in [0.4, 0.5) is 4.39 Å². The van der Waals surface area contributed by atoms with Crippen molar-refractivity contribution in [2.75, 3.05) is 6.54 Å². The molecule has 1 rings (SSSR count). The van der Waals surface area contributed by atoms with Crippen molar-refractivity contribution in [3.8, 4) is 0 Å². The van der Waals surface area contributed by atoms with Crippen LogP contribution in [0.15, 0.2) is 28.7 Å². The Hall–Kier alpha value is -0.880. The van der Waals surface area contributed by atoms with Gasteiger partial charge in [0.2, 0.25) is 6.54 Å².